The van der Waals surface area contributed by atoms with Crippen LogP contribution in [0.5, 0.6) is 5.75 Å². The molecule has 1 amide bonds. The number of carbonyl (C=O) groups is 1. The van der Waals surface area contributed by atoms with Gasteiger partial charge in [0.1, 0.15) is 17.1 Å². The quantitative estimate of drug-likeness (QED) is 0.362. The number of rotatable bonds is 7. The van der Waals surface area contributed by atoms with Crippen molar-refractivity contribution in [2.24, 2.45) is 0 Å². The second-order valence-corrected chi connectivity index (χ2v) is 8.16. The van der Waals surface area contributed by atoms with Crippen LogP contribution in [-0.4, -0.2) is 39.7 Å². The van der Waals surface area contributed by atoms with E-state index >= 15 is 0 Å². The molecule has 0 aliphatic carbocycles. The van der Waals surface area contributed by atoms with E-state index in [9.17, 15) is 14.9 Å². The number of ether oxygens (including phenoxy) is 1. The first-order valence-electron chi connectivity index (χ1n) is 9.56. The number of amides is 1. The van der Waals surface area contributed by atoms with Crippen molar-refractivity contribution in [3.05, 3.63) is 85.1 Å². The van der Waals surface area contributed by atoms with E-state index in [0.29, 0.717) is 30.0 Å². The first-order chi connectivity index (χ1) is 14.7. The van der Waals surface area contributed by atoms with Gasteiger partial charge in [0.15, 0.2) is 0 Å². The molecule has 0 unspecified atom stereocenters. The van der Waals surface area contributed by atoms with Gasteiger partial charge in [0, 0.05) is 29.2 Å². The molecular weight excluding hydrogens is 464 g/mol. The van der Waals surface area contributed by atoms with Gasteiger partial charge in [-0.05, 0) is 49.7 Å². The maximum Gasteiger partial charge on any atom is 0.312 e. The van der Waals surface area contributed by atoms with Crippen LogP contribution < -0.4 is 4.74 Å². The normalized spacial score (nSPS) is 10.7. The van der Waals surface area contributed by atoms with E-state index in [1.54, 1.807) is 49.7 Å². The number of aryl methyl sites for hydroxylation is 1. The van der Waals surface area contributed by atoms with Crippen molar-refractivity contribution in [1.29, 1.82) is 0 Å². The molecule has 3 rings (SSSR count). The minimum atomic E-state index is -0.411. The molecule has 0 fully saturated rings. The smallest absolute Gasteiger partial charge is 0.312 e. The lowest BCUT2D eigenvalue weighted by Gasteiger charge is -2.19. The minimum absolute atomic E-state index is 0.0383. The van der Waals surface area contributed by atoms with Gasteiger partial charge in [-0.3, -0.25) is 19.6 Å². The molecule has 0 saturated carbocycles. The fraction of sp³-hybridized carbons (Fsp3) is 0.273. The molecule has 31 heavy (non-hydrogen) atoms. The molecule has 0 atom stereocenters. The van der Waals surface area contributed by atoms with Gasteiger partial charge in [0.2, 0.25) is 0 Å². The van der Waals surface area contributed by atoms with Crippen LogP contribution in [0.1, 0.15) is 32.9 Å². The van der Waals surface area contributed by atoms with Crippen LogP contribution >= 0.6 is 15.9 Å². The Hall–Kier alpha value is -3.20. The van der Waals surface area contributed by atoms with Crippen molar-refractivity contribution in [1.82, 2.24) is 14.7 Å². The van der Waals surface area contributed by atoms with E-state index in [1.807, 2.05) is 30.3 Å². The van der Waals surface area contributed by atoms with Crippen LogP contribution in [0, 0.1) is 24.0 Å². The van der Waals surface area contributed by atoms with Crippen LogP contribution in [0.15, 0.2) is 46.9 Å². The molecule has 0 saturated heterocycles. The summed E-state index contributed by atoms with van der Waals surface area (Å²) in [5, 5.41) is 15.4. The van der Waals surface area contributed by atoms with Crippen LogP contribution in [0.2, 0.25) is 0 Å². The highest BCUT2D eigenvalue weighted by Gasteiger charge is 2.22. The van der Waals surface area contributed by atoms with Gasteiger partial charge in [-0.2, -0.15) is 5.10 Å². The van der Waals surface area contributed by atoms with E-state index in [2.05, 4.69) is 21.0 Å². The Bertz CT molecular complexity index is 1130. The van der Waals surface area contributed by atoms with Crippen LogP contribution in [0.3, 0.4) is 0 Å². The van der Waals surface area contributed by atoms with Gasteiger partial charge < -0.3 is 9.64 Å². The van der Waals surface area contributed by atoms with E-state index in [-0.39, 0.29) is 11.6 Å². The highest BCUT2D eigenvalue weighted by Crippen LogP contribution is 2.25. The summed E-state index contributed by atoms with van der Waals surface area (Å²) in [6.07, 6.45) is 0. The fourth-order valence-corrected chi connectivity index (χ4v) is 3.86. The predicted molar refractivity (Wildman–Crippen MR) is 120 cm³/mol. The molecule has 0 radical (unpaired) electrons. The van der Waals surface area contributed by atoms with Gasteiger partial charge in [-0.25, -0.2) is 0 Å². The molecule has 9 heteroatoms. The molecular formula is C22H23BrN4O4. The maximum atomic E-state index is 12.9. The SMILES string of the molecule is COc1ccc(Br)cc1CN(C)C(=O)c1ccc(Cn2nc(C)c([N+](=O)[O-])c2C)cc1. The number of benzene rings is 2. The Kier molecular flexibility index (Phi) is 6.74. The average Bonchev–Trinajstić information content (AvgIpc) is 3.01. The number of carbonyl (C=O) groups excluding carboxylic acids is 1. The van der Waals surface area contributed by atoms with E-state index in [0.717, 1.165) is 21.3 Å². The third-order valence-electron chi connectivity index (χ3n) is 5.06. The van der Waals surface area contributed by atoms with Crippen LogP contribution in [-0.2, 0) is 13.1 Å². The Morgan fingerprint density at radius 1 is 1.23 bits per heavy atom. The van der Waals surface area contributed by atoms with Crippen molar-refractivity contribution >= 4 is 27.5 Å². The average molecular weight is 487 g/mol. The van der Waals surface area contributed by atoms with Gasteiger partial charge in [0.05, 0.1) is 18.6 Å². The Morgan fingerprint density at radius 3 is 2.48 bits per heavy atom. The zero-order valence-electron chi connectivity index (χ0n) is 17.8. The lowest BCUT2D eigenvalue weighted by molar-refractivity contribution is -0.386. The molecule has 0 N–H and O–H groups in total. The number of methoxy groups -OCH3 is 1. The summed E-state index contributed by atoms with van der Waals surface area (Å²) in [6.45, 7) is 4.10. The number of nitro groups is 1. The first-order valence-corrected chi connectivity index (χ1v) is 10.4. The Morgan fingerprint density at radius 2 is 1.90 bits per heavy atom. The Labute approximate surface area is 188 Å². The summed E-state index contributed by atoms with van der Waals surface area (Å²) in [4.78, 5) is 25.3. The molecule has 3 aromatic rings. The maximum absolute atomic E-state index is 12.9. The molecule has 0 aliphatic rings. The number of nitrogens with zero attached hydrogens (tertiary/aromatic N) is 4. The number of aromatic nitrogens is 2. The molecule has 8 nitrogen and oxygen atoms in total. The molecule has 1 heterocycles. The summed E-state index contributed by atoms with van der Waals surface area (Å²) >= 11 is 3.45. The summed E-state index contributed by atoms with van der Waals surface area (Å²) in [6, 6.07) is 12.9. The molecule has 0 bridgehead atoms. The number of halogens is 1. The molecule has 1 aromatic heterocycles. The van der Waals surface area contributed by atoms with E-state index < -0.39 is 4.92 Å². The first kappa shape index (κ1) is 22.5. The summed E-state index contributed by atoms with van der Waals surface area (Å²) in [5.74, 6) is 0.604. The highest BCUT2D eigenvalue weighted by molar-refractivity contribution is 9.10. The monoisotopic (exact) mass is 486 g/mol. The molecule has 0 spiro atoms. The Balaban J connectivity index is 1.73. The van der Waals surface area contributed by atoms with Gasteiger partial charge in [-0.1, -0.05) is 28.1 Å². The number of hydrogen-bond acceptors (Lipinski definition) is 5. The lowest BCUT2D eigenvalue weighted by atomic mass is 10.1. The third-order valence-corrected chi connectivity index (χ3v) is 5.55. The predicted octanol–water partition coefficient (Wildman–Crippen LogP) is 4.50. The zero-order chi connectivity index (χ0) is 22.7. The van der Waals surface area contributed by atoms with E-state index in [4.69, 9.17) is 4.74 Å². The van der Waals surface area contributed by atoms with Gasteiger partial charge in [-0.15, -0.1) is 0 Å². The van der Waals surface area contributed by atoms with Crippen molar-refractivity contribution in [2.45, 2.75) is 26.9 Å². The van der Waals surface area contributed by atoms with Crippen LogP contribution in [0.4, 0.5) is 5.69 Å². The second-order valence-electron chi connectivity index (χ2n) is 7.25. The zero-order valence-corrected chi connectivity index (χ0v) is 19.3. The lowest BCUT2D eigenvalue weighted by Crippen LogP contribution is -2.26. The van der Waals surface area contributed by atoms with Crippen molar-refractivity contribution < 1.29 is 14.5 Å². The van der Waals surface area contributed by atoms with Crippen molar-refractivity contribution in [3.63, 3.8) is 0 Å². The van der Waals surface area contributed by atoms with Crippen LogP contribution in [0.25, 0.3) is 0 Å². The molecule has 162 valence electrons. The standard InChI is InChI=1S/C22H23BrN4O4/c1-14-21(27(29)30)15(2)26(24-14)12-16-5-7-17(8-6-16)22(28)25(3)13-18-11-19(23)9-10-20(18)31-4/h5-11H,12-13H2,1-4H3. The van der Waals surface area contributed by atoms with E-state index in [1.165, 1.54) is 0 Å². The third kappa shape index (κ3) is 4.93. The highest BCUT2D eigenvalue weighted by atomic mass is 79.9. The summed E-state index contributed by atoms with van der Waals surface area (Å²) in [5.41, 5.74) is 3.28. The molecule has 2 aromatic carbocycles. The summed E-state index contributed by atoms with van der Waals surface area (Å²) in [7, 11) is 3.34. The second kappa shape index (κ2) is 9.30. The van der Waals surface area contributed by atoms with Crippen molar-refractivity contribution in [2.75, 3.05) is 14.2 Å². The molecule has 0 aliphatic heterocycles. The topological polar surface area (TPSA) is 90.5 Å². The summed E-state index contributed by atoms with van der Waals surface area (Å²) < 4.78 is 7.91. The van der Waals surface area contributed by atoms with Gasteiger partial charge in [0.25, 0.3) is 5.91 Å². The largest absolute Gasteiger partial charge is 0.496 e. The minimum Gasteiger partial charge on any atom is -0.496 e. The van der Waals surface area contributed by atoms with Crippen molar-refractivity contribution in [3.8, 4) is 5.75 Å². The van der Waals surface area contributed by atoms with Gasteiger partial charge >= 0.3 is 5.69 Å². The number of hydrogen-bond donors (Lipinski definition) is 0. The fourth-order valence-electron chi connectivity index (χ4n) is 3.45.